The summed E-state index contributed by atoms with van der Waals surface area (Å²) >= 11 is 0. The van der Waals surface area contributed by atoms with Gasteiger partial charge in [-0.25, -0.2) is 4.39 Å². The number of nitrogens with two attached hydrogens (primary N) is 1. The number of hydrogen-bond donors (Lipinski definition) is 1. The van der Waals surface area contributed by atoms with E-state index in [0.717, 1.165) is 42.4 Å². The van der Waals surface area contributed by atoms with E-state index < -0.39 is 17.6 Å². The Morgan fingerprint density at radius 3 is 2.29 bits per heavy atom. The molecule has 1 fully saturated rings. The number of nitrogens with zero attached hydrogens (tertiary/aromatic N) is 2. The molecular formula is C25H28FN3O2. The number of primary amides is 1. The zero-order valence-corrected chi connectivity index (χ0v) is 18.0. The van der Waals surface area contributed by atoms with Crippen LogP contribution in [0, 0.1) is 19.7 Å². The van der Waals surface area contributed by atoms with Gasteiger partial charge < -0.3 is 5.73 Å². The van der Waals surface area contributed by atoms with Crippen LogP contribution in [0.4, 0.5) is 4.39 Å². The second kappa shape index (κ2) is 8.25. The lowest BCUT2D eigenvalue weighted by Gasteiger charge is -2.40. The SMILES string of the molecule is Cc1ccc(C(C(N)=O)N2C(=O)C(c3ccc(F)cc3)=NC23CCCCCC3)c(C)c1. The van der Waals surface area contributed by atoms with Crippen molar-refractivity contribution in [3.8, 4) is 0 Å². The smallest absolute Gasteiger partial charge is 0.275 e. The highest BCUT2D eigenvalue weighted by molar-refractivity contribution is 6.47. The Morgan fingerprint density at radius 1 is 1.06 bits per heavy atom. The van der Waals surface area contributed by atoms with Crippen molar-refractivity contribution >= 4 is 17.5 Å². The summed E-state index contributed by atoms with van der Waals surface area (Å²) in [6.07, 6.45) is 5.33. The van der Waals surface area contributed by atoms with Crippen molar-refractivity contribution in [1.82, 2.24) is 4.90 Å². The average molecular weight is 422 g/mol. The molecule has 0 saturated heterocycles. The zero-order valence-electron chi connectivity index (χ0n) is 18.0. The zero-order chi connectivity index (χ0) is 22.2. The third-order valence-corrected chi connectivity index (χ3v) is 6.46. The van der Waals surface area contributed by atoms with Crippen molar-refractivity contribution in [2.75, 3.05) is 0 Å². The molecule has 1 heterocycles. The molecule has 2 aromatic carbocycles. The van der Waals surface area contributed by atoms with E-state index in [4.69, 9.17) is 10.7 Å². The summed E-state index contributed by atoms with van der Waals surface area (Å²) in [5, 5.41) is 0. The van der Waals surface area contributed by atoms with Crippen LogP contribution in [0.3, 0.4) is 0 Å². The molecule has 5 nitrogen and oxygen atoms in total. The molecule has 31 heavy (non-hydrogen) atoms. The number of aliphatic imine (C=N–C) groups is 1. The molecule has 1 spiro atoms. The van der Waals surface area contributed by atoms with E-state index in [2.05, 4.69) is 0 Å². The molecule has 0 radical (unpaired) electrons. The van der Waals surface area contributed by atoms with Gasteiger partial charge in [0.1, 0.15) is 23.2 Å². The minimum absolute atomic E-state index is 0.276. The van der Waals surface area contributed by atoms with Crippen LogP contribution in [0.15, 0.2) is 47.5 Å². The van der Waals surface area contributed by atoms with E-state index in [0.29, 0.717) is 18.4 Å². The van der Waals surface area contributed by atoms with Crippen LogP contribution in [-0.4, -0.2) is 28.1 Å². The lowest BCUT2D eigenvalue weighted by atomic mass is 9.92. The van der Waals surface area contributed by atoms with Crippen LogP contribution in [0.25, 0.3) is 0 Å². The van der Waals surface area contributed by atoms with Gasteiger partial charge in [0.15, 0.2) is 0 Å². The first kappa shape index (κ1) is 21.2. The van der Waals surface area contributed by atoms with E-state index in [1.807, 2.05) is 32.0 Å². The van der Waals surface area contributed by atoms with E-state index in [1.165, 1.54) is 12.1 Å². The topological polar surface area (TPSA) is 75.8 Å². The van der Waals surface area contributed by atoms with Crippen molar-refractivity contribution in [3.63, 3.8) is 0 Å². The molecule has 1 aliphatic carbocycles. The maximum Gasteiger partial charge on any atom is 0.275 e. The number of carbonyl (C=O) groups is 2. The third-order valence-electron chi connectivity index (χ3n) is 6.46. The highest BCUT2D eigenvalue weighted by Crippen LogP contribution is 2.44. The lowest BCUT2D eigenvalue weighted by Crippen LogP contribution is -2.52. The van der Waals surface area contributed by atoms with Crippen LogP contribution in [-0.2, 0) is 9.59 Å². The average Bonchev–Trinajstić information content (AvgIpc) is 2.86. The van der Waals surface area contributed by atoms with E-state index in [9.17, 15) is 14.0 Å². The molecule has 162 valence electrons. The first-order valence-electron chi connectivity index (χ1n) is 10.9. The summed E-state index contributed by atoms with van der Waals surface area (Å²) in [5.41, 5.74) is 8.65. The van der Waals surface area contributed by atoms with Crippen LogP contribution < -0.4 is 5.73 Å². The van der Waals surface area contributed by atoms with E-state index >= 15 is 0 Å². The number of rotatable bonds is 4. The monoisotopic (exact) mass is 421 g/mol. The molecule has 1 saturated carbocycles. The fourth-order valence-corrected chi connectivity index (χ4v) is 4.97. The Labute approximate surface area is 182 Å². The first-order chi connectivity index (χ1) is 14.8. The molecule has 4 rings (SSSR count). The van der Waals surface area contributed by atoms with Gasteiger partial charge in [0.2, 0.25) is 5.91 Å². The Hall–Kier alpha value is -3.02. The first-order valence-corrected chi connectivity index (χ1v) is 10.9. The van der Waals surface area contributed by atoms with Gasteiger partial charge >= 0.3 is 0 Å². The number of halogens is 1. The molecular weight excluding hydrogens is 393 g/mol. The van der Waals surface area contributed by atoms with Crippen LogP contribution in [0.1, 0.15) is 66.8 Å². The summed E-state index contributed by atoms with van der Waals surface area (Å²) in [5.74, 6) is -1.27. The van der Waals surface area contributed by atoms with Gasteiger partial charge in [-0.05, 0) is 74.9 Å². The summed E-state index contributed by atoms with van der Waals surface area (Å²) < 4.78 is 13.5. The molecule has 0 bridgehead atoms. The number of carbonyl (C=O) groups excluding carboxylic acids is 2. The normalized spacial score (nSPS) is 19.3. The van der Waals surface area contributed by atoms with Gasteiger partial charge in [-0.1, -0.05) is 36.6 Å². The number of benzene rings is 2. The molecule has 1 aliphatic heterocycles. The van der Waals surface area contributed by atoms with Gasteiger partial charge in [-0.2, -0.15) is 0 Å². The Balaban J connectivity index is 1.86. The maximum atomic E-state index is 13.8. The second-order valence-corrected chi connectivity index (χ2v) is 8.70. The molecule has 0 aromatic heterocycles. The molecule has 2 aliphatic rings. The molecule has 1 atom stereocenters. The van der Waals surface area contributed by atoms with Crippen molar-refractivity contribution < 1.29 is 14.0 Å². The molecule has 6 heteroatoms. The Morgan fingerprint density at radius 2 is 1.71 bits per heavy atom. The molecule has 2 aromatic rings. The fourth-order valence-electron chi connectivity index (χ4n) is 4.97. The Bertz CT molecular complexity index is 1040. The standard InChI is InChI=1S/C25H28FN3O2/c1-16-7-12-20(17(2)15-16)22(23(27)30)29-24(31)21(18-8-10-19(26)11-9-18)28-25(29)13-5-3-4-6-14-25/h7-12,15,22H,3-6,13-14H2,1-2H3,(H2,27,30). The number of hydrogen-bond acceptors (Lipinski definition) is 3. The van der Waals surface area contributed by atoms with Gasteiger partial charge in [0.05, 0.1) is 0 Å². The van der Waals surface area contributed by atoms with Gasteiger partial charge in [-0.3, -0.25) is 19.5 Å². The predicted molar refractivity (Wildman–Crippen MR) is 118 cm³/mol. The van der Waals surface area contributed by atoms with Crippen molar-refractivity contribution in [1.29, 1.82) is 0 Å². The van der Waals surface area contributed by atoms with E-state index in [-0.39, 0.29) is 17.4 Å². The van der Waals surface area contributed by atoms with Crippen molar-refractivity contribution in [2.45, 2.75) is 64.1 Å². The van der Waals surface area contributed by atoms with Gasteiger partial charge in [-0.15, -0.1) is 0 Å². The minimum atomic E-state index is -0.909. The van der Waals surface area contributed by atoms with Crippen molar-refractivity contribution in [3.05, 3.63) is 70.5 Å². The molecule has 2 N–H and O–H groups in total. The predicted octanol–water partition coefficient (Wildman–Crippen LogP) is 4.35. The Kier molecular flexibility index (Phi) is 5.65. The third kappa shape index (κ3) is 3.87. The second-order valence-electron chi connectivity index (χ2n) is 8.70. The lowest BCUT2D eigenvalue weighted by molar-refractivity contribution is -0.140. The van der Waals surface area contributed by atoms with Crippen LogP contribution >= 0.6 is 0 Å². The van der Waals surface area contributed by atoms with Gasteiger partial charge in [0.25, 0.3) is 5.91 Å². The van der Waals surface area contributed by atoms with Gasteiger partial charge in [0, 0.05) is 5.56 Å². The largest absolute Gasteiger partial charge is 0.368 e. The number of aryl methyl sites for hydroxylation is 2. The summed E-state index contributed by atoms with van der Waals surface area (Å²) in [7, 11) is 0. The quantitative estimate of drug-likeness (QED) is 0.797. The maximum absolute atomic E-state index is 13.8. The summed E-state index contributed by atoms with van der Waals surface area (Å²) in [4.78, 5) is 33.1. The summed E-state index contributed by atoms with van der Waals surface area (Å²) in [6.45, 7) is 3.92. The minimum Gasteiger partial charge on any atom is -0.368 e. The molecule has 2 amide bonds. The van der Waals surface area contributed by atoms with Crippen LogP contribution in [0.5, 0.6) is 0 Å². The summed E-state index contributed by atoms with van der Waals surface area (Å²) in [6, 6.07) is 10.7. The van der Waals surface area contributed by atoms with Crippen LogP contribution in [0.2, 0.25) is 0 Å². The highest BCUT2D eigenvalue weighted by atomic mass is 19.1. The van der Waals surface area contributed by atoms with Crippen molar-refractivity contribution in [2.24, 2.45) is 10.7 Å². The highest BCUT2D eigenvalue weighted by Gasteiger charge is 2.52. The fraction of sp³-hybridized carbons (Fsp3) is 0.400. The number of amides is 2. The molecule has 1 unspecified atom stereocenters. The van der Waals surface area contributed by atoms with E-state index in [1.54, 1.807) is 17.0 Å².